The molecule has 0 bridgehead atoms. The second kappa shape index (κ2) is 8.71. The molecule has 186 valence electrons. The van der Waals surface area contributed by atoms with Crippen molar-refractivity contribution in [1.82, 2.24) is 14.5 Å². The van der Waals surface area contributed by atoms with Crippen LogP contribution >= 0.6 is 0 Å². The second-order valence-corrected chi connectivity index (χ2v) is 9.81. The predicted octanol–water partition coefficient (Wildman–Crippen LogP) is 7.80. The van der Waals surface area contributed by atoms with Crippen LogP contribution < -0.4 is 9.47 Å². The number of hydrogen-bond acceptors (Lipinski definition) is 4. The van der Waals surface area contributed by atoms with E-state index in [-0.39, 0.29) is 12.0 Å². The highest BCUT2D eigenvalue weighted by Gasteiger charge is 2.40. The number of ether oxygens (including phenoxy) is 2. The van der Waals surface area contributed by atoms with Gasteiger partial charge in [-0.2, -0.15) is 0 Å². The van der Waals surface area contributed by atoms with Crippen molar-refractivity contribution in [3.63, 3.8) is 0 Å². The van der Waals surface area contributed by atoms with Crippen LogP contribution in [0, 0.1) is 0 Å². The van der Waals surface area contributed by atoms with Gasteiger partial charge in [-0.3, -0.25) is 9.55 Å². The standard InChI is InChI=1S/C34H23N3O2/c1-2-15-30-26(12-1)33-31(39-30)17-16-29-32(33)27-13-7-19-36-34(27)37(29)23-9-6-11-25(21-23)38-24-10-5-8-22(20-24)28-14-3-4-18-35-28/h1-21,31,33H. The van der Waals surface area contributed by atoms with Crippen molar-refractivity contribution < 1.29 is 9.47 Å². The summed E-state index contributed by atoms with van der Waals surface area (Å²) in [6, 6.07) is 34.6. The Balaban J connectivity index is 1.22. The van der Waals surface area contributed by atoms with Gasteiger partial charge in [-0.25, -0.2) is 4.98 Å². The van der Waals surface area contributed by atoms with Gasteiger partial charge in [-0.05, 0) is 72.3 Å². The molecule has 5 nitrogen and oxygen atoms in total. The van der Waals surface area contributed by atoms with Crippen LogP contribution in [0.5, 0.6) is 17.2 Å². The highest BCUT2D eigenvalue weighted by molar-refractivity contribution is 5.90. The van der Waals surface area contributed by atoms with Gasteiger partial charge in [0.05, 0.1) is 23.0 Å². The van der Waals surface area contributed by atoms with Gasteiger partial charge in [-0.15, -0.1) is 0 Å². The Hall–Kier alpha value is -5.16. The van der Waals surface area contributed by atoms with E-state index in [9.17, 15) is 0 Å². The first kappa shape index (κ1) is 21.9. The summed E-state index contributed by atoms with van der Waals surface area (Å²) in [5, 5.41) is 1.14. The molecule has 0 radical (unpaired) electrons. The maximum atomic E-state index is 6.35. The van der Waals surface area contributed by atoms with Gasteiger partial charge in [0, 0.05) is 35.0 Å². The Bertz CT molecular complexity index is 1890. The van der Waals surface area contributed by atoms with Gasteiger partial charge in [0.15, 0.2) is 0 Å². The first-order chi connectivity index (χ1) is 19.3. The van der Waals surface area contributed by atoms with Crippen molar-refractivity contribution in [2.75, 3.05) is 0 Å². The van der Waals surface area contributed by atoms with Crippen molar-refractivity contribution in [2.24, 2.45) is 0 Å². The summed E-state index contributed by atoms with van der Waals surface area (Å²) in [5.74, 6) is 2.60. The van der Waals surface area contributed by atoms with Crippen molar-refractivity contribution in [2.45, 2.75) is 12.0 Å². The van der Waals surface area contributed by atoms with Gasteiger partial charge >= 0.3 is 0 Å². The second-order valence-electron chi connectivity index (χ2n) is 9.81. The molecule has 8 rings (SSSR count). The molecule has 0 saturated heterocycles. The first-order valence-electron chi connectivity index (χ1n) is 13.1. The third-order valence-corrected chi connectivity index (χ3v) is 7.51. The molecular weight excluding hydrogens is 482 g/mol. The fraction of sp³-hybridized carbons (Fsp3) is 0.0588. The lowest BCUT2D eigenvalue weighted by Crippen LogP contribution is -2.20. The van der Waals surface area contributed by atoms with E-state index in [0.29, 0.717) is 0 Å². The van der Waals surface area contributed by atoms with E-state index in [0.717, 1.165) is 50.9 Å². The number of benzene rings is 3. The molecule has 4 heterocycles. The summed E-state index contributed by atoms with van der Waals surface area (Å²) in [7, 11) is 0. The molecule has 3 aromatic heterocycles. The smallest absolute Gasteiger partial charge is 0.145 e. The number of para-hydroxylation sites is 1. The SMILES string of the molecule is C1=CC2Oc3ccccc3C2c2c1n(-c1cccc(Oc3cccc(-c4ccccn4)c3)c1)c1ncccc21. The maximum absolute atomic E-state index is 6.35. The molecule has 0 spiro atoms. The van der Waals surface area contributed by atoms with Crippen molar-refractivity contribution in [1.29, 1.82) is 0 Å². The molecule has 5 heteroatoms. The molecule has 0 saturated carbocycles. The van der Waals surface area contributed by atoms with E-state index in [1.54, 1.807) is 6.20 Å². The normalized spacial score (nSPS) is 16.8. The summed E-state index contributed by atoms with van der Waals surface area (Å²) in [6.07, 6.45) is 7.98. The summed E-state index contributed by atoms with van der Waals surface area (Å²) in [5.41, 5.74) is 7.44. The highest BCUT2D eigenvalue weighted by Crippen LogP contribution is 2.49. The van der Waals surface area contributed by atoms with Crippen LogP contribution in [-0.2, 0) is 0 Å². The number of rotatable bonds is 4. The summed E-state index contributed by atoms with van der Waals surface area (Å²) >= 11 is 0. The van der Waals surface area contributed by atoms with E-state index >= 15 is 0 Å². The molecule has 6 aromatic rings. The topological polar surface area (TPSA) is 49.2 Å². The number of fused-ring (bicyclic) bond motifs is 7. The Morgan fingerprint density at radius 2 is 1.59 bits per heavy atom. The number of pyridine rings is 2. The fourth-order valence-electron chi connectivity index (χ4n) is 5.88. The fourth-order valence-corrected chi connectivity index (χ4v) is 5.88. The summed E-state index contributed by atoms with van der Waals surface area (Å²) in [4.78, 5) is 9.30. The van der Waals surface area contributed by atoms with E-state index in [1.165, 1.54) is 11.1 Å². The zero-order chi connectivity index (χ0) is 25.8. The Kier molecular flexibility index (Phi) is 4.88. The number of nitrogens with zero attached hydrogens (tertiary/aromatic N) is 3. The van der Waals surface area contributed by atoms with Gasteiger partial charge in [0.2, 0.25) is 0 Å². The molecule has 3 aromatic carbocycles. The van der Waals surface area contributed by atoms with Crippen LogP contribution in [0.4, 0.5) is 0 Å². The Labute approximate surface area is 225 Å². The molecule has 2 atom stereocenters. The van der Waals surface area contributed by atoms with Crippen LogP contribution in [0.3, 0.4) is 0 Å². The largest absolute Gasteiger partial charge is 0.485 e. The summed E-state index contributed by atoms with van der Waals surface area (Å²) in [6.45, 7) is 0. The minimum absolute atomic E-state index is 0.0183. The quantitative estimate of drug-likeness (QED) is 0.245. The van der Waals surface area contributed by atoms with E-state index in [1.807, 2.05) is 72.9 Å². The molecule has 0 fully saturated rings. The first-order valence-corrected chi connectivity index (χ1v) is 13.1. The van der Waals surface area contributed by atoms with Gasteiger partial charge in [-0.1, -0.05) is 42.5 Å². The average Bonchev–Trinajstić information content (AvgIpc) is 3.53. The van der Waals surface area contributed by atoms with Crippen LogP contribution in [-0.4, -0.2) is 20.6 Å². The van der Waals surface area contributed by atoms with Gasteiger partial charge < -0.3 is 9.47 Å². The summed E-state index contributed by atoms with van der Waals surface area (Å²) < 4.78 is 14.9. The molecule has 0 N–H and O–H groups in total. The molecule has 1 aliphatic carbocycles. The average molecular weight is 506 g/mol. The lowest BCUT2D eigenvalue weighted by atomic mass is 9.83. The predicted molar refractivity (Wildman–Crippen MR) is 153 cm³/mol. The van der Waals surface area contributed by atoms with E-state index in [2.05, 4.69) is 58.1 Å². The van der Waals surface area contributed by atoms with Crippen molar-refractivity contribution >= 4 is 17.1 Å². The van der Waals surface area contributed by atoms with Crippen LogP contribution in [0.2, 0.25) is 0 Å². The van der Waals surface area contributed by atoms with Crippen LogP contribution in [0.1, 0.15) is 22.7 Å². The van der Waals surface area contributed by atoms with Crippen LogP contribution in [0.15, 0.2) is 122 Å². The molecule has 1 aliphatic heterocycles. The highest BCUT2D eigenvalue weighted by atomic mass is 16.5. The monoisotopic (exact) mass is 505 g/mol. The van der Waals surface area contributed by atoms with Gasteiger partial charge in [0.1, 0.15) is 29.0 Å². The molecule has 2 aliphatic rings. The maximum Gasteiger partial charge on any atom is 0.145 e. The lowest BCUT2D eigenvalue weighted by Gasteiger charge is -2.22. The van der Waals surface area contributed by atoms with E-state index in [4.69, 9.17) is 14.5 Å². The third-order valence-electron chi connectivity index (χ3n) is 7.51. The van der Waals surface area contributed by atoms with Crippen molar-refractivity contribution in [3.8, 4) is 34.2 Å². The lowest BCUT2D eigenvalue weighted by molar-refractivity contribution is 0.267. The molecule has 2 unspecified atom stereocenters. The number of aromatic nitrogens is 3. The zero-order valence-corrected chi connectivity index (χ0v) is 20.9. The van der Waals surface area contributed by atoms with E-state index < -0.39 is 0 Å². The minimum atomic E-state index is -0.0183. The molecule has 39 heavy (non-hydrogen) atoms. The van der Waals surface area contributed by atoms with Crippen LogP contribution in [0.25, 0.3) is 34.1 Å². The molecular formula is C34H23N3O2. The zero-order valence-electron chi connectivity index (χ0n) is 20.9. The van der Waals surface area contributed by atoms with Crippen molar-refractivity contribution in [3.05, 3.63) is 138 Å². The Morgan fingerprint density at radius 3 is 2.51 bits per heavy atom. The molecule has 0 amide bonds. The third kappa shape index (κ3) is 3.55. The minimum Gasteiger partial charge on any atom is -0.485 e. The number of hydrogen-bond donors (Lipinski definition) is 0. The Morgan fingerprint density at radius 1 is 0.744 bits per heavy atom. The van der Waals surface area contributed by atoms with Gasteiger partial charge in [0.25, 0.3) is 0 Å².